The fourth-order valence-electron chi connectivity index (χ4n) is 4.42. The fourth-order valence-corrected chi connectivity index (χ4v) is 4.42. The van der Waals surface area contributed by atoms with Crippen molar-refractivity contribution in [1.29, 1.82) is 0 Å². The van der Waals surface area contributed by atoms with Gasteiger partial charge in [-0.05, 0) is 37.8 Å². The van der Waals surface area contributed by atoms with Crippen molar-refractivity contribution in [3.05, 3.63) is 53.1 Å². The van der Waals surface area contributed by atoms with Crippen LogP contribution in [0.2, 0.25) is 0 Å². The van der Waals surface area contributed by atoms with Gasteiger partial charge in [0.15, 0.2) is 5.65 Å². The highest BCUT2D eigenvalue weighted by atomic mass is 16.5. The summed E-state index contributed by atoms with van der Waals surface area (Å²) in [6.45, 7) is 4.13. The van der Waals surface area contributed by atoms with Gasteiger partial charge in [0.25, 0.3) is 5.56 Å². The largest absolute Gasteiger partial charge is 0.391 e. The Bertz CT molecular complexity index is 1250. The molecule has 2 fully saturated rings. The van der Waals surface area contributed by atoms with E-state index in [1.54, 1.807) is 47.8 Å². The molecule has 3 aromatic rings. The van der Waals surface area contributed by atoms with Gasteiger partial charge in [0.2, 0.25) is 0 Å². The minimum Gasteiger partial charge on any atom is -0.391 e. The van der Waals surface area contributed by atoms with Gasteiger partial charge >= 0.3 is 0 Å². The predicted octanol–water partition coefficient (Wildman–Crippen LogP) is 2.11. The maximum absolute atomic E-state index is 13.1. The second-order valence-electron chi connectivity index (χ2n) is 8.62. The van der Waals surface area contributed by atoms with Crippen LogP contribution in [0, 0.1) is 0 Å². The first kappa shape index (κ1) is 21.5. The Morgan fingerprint density at radius 1 is 1.30 bits per heavy atom. The number of ether oxygens (including phenoxy) is 1. The first-order valence-electron chi connectivity index (χ1n) is 11.2. The second kappa shape index (κ2) is 8.53. The molecular formula is C23H29N7O3. The number of aliphatic hydroxyl groups excluding tert-OH is 1. The van der Waals surface area contributed by atoms with E-state index in [9.17, 15) is 9.90 Å². The molecule has 0 radical (unpaired) electrons. The lowest BCUT2D eigenvalue weighted by molar-refractivity contribution is -0.0103. The maximum Gasteiger partial charge on any atom is 0.274 e. The zero-order chi connectivity index (χ0) is 23.1. The standard InChI is InChI=1S/C23H29N7O3/c1-13(26-15-6-8-18(15)31)14-12-25-30-21(24-2)11-20(28-22(14)30)27-16-5-4-10-29(23(16)32)17-7-9-19(17)33-3/h4-5,10-12,15,17-19,24,26,31H,1,6-9H2,2-3H3,(H,27,28)/t15-,17+,18-,19+/m0/s1. The molecule has 4 atom stereocenters. The van der Waals surface area contributed by atoms with Crippen molar-refractivity contribution < 1.29 is 9.84 Å². The Labute approximate surface area is 191 Å². The van der Waals surface area contributed by atoms with Crippen LogP contribution in [0.1, 0.15) is 37.3 Å². The van der Waals surface area contributed by atoms with E-state index in [0.29, 0.717) is 28.7 Å². The number of aliphatic hydroxyl groups is 1. The van der Waals surface area contributed by atoms with Crippen LogP contribution in [0.5, 0.6) is 0 Å². The molecule has 4 N–H and O–H groups in total. The fraction of sp³-hybridized carbons (Fsp3) is 0.435. The summed E-state index contributed by atoms with van der Waals surface area (Å²) in [5.41, 5.74) is 2.30. The van der Waals surface area contributed by atoms with Crippen molar-refractivity contribution >= 4 is 28.7 Å². The SMILES string of the molecule is C=C(N[C@H]1CC[C@@H]1O)c1cnn2c(NC)cc(Nc3cccn([C@@H]4CC[C@H]4OC)c3=O)nc12. The Morgan fingerprint density at radius 2 is 2.15 bits per heavy atom. The van der Waals surface area contributed by atoms with Gasteiger partial charge in [-0.3, -0.25) is 4.79 Å². The molecule has 0 aromatic carbocycles. The molecule has 0 spiro atoms. The molecule has 3 aromatic heterocycles. The molecule has 0 amide bonds. The van der Waals surface area contributed by atoms with Gasteiger partial charge < -0.3 is 30.4 Å². The highest BCUT2D eigenvalue weighted by Crippen LogP contribution is 2.33. The second-order valence-corrected chi connectivity index (χ2v) is 8.62. The first-order valence-corrected chi connectivity index (χ1v) is 11.2. The summed E-state index contributed by atoms with van der Waals surface area (Å²) < 4.78 is 8.90. The van der Waals surface area contributed by atoms with E-state index in [2.05, 4.69) is 27.6 Å². The number of hydrogen-bond donors (Lipinski definition) is 4. The molecule has 10 nitrogen and oxygen atoms in total. The van der Waals surface area contributed by atoms with Crippen LogP contribution >= 0.6 is 0 Å². The van der Waals surface area contributed by atoms with Crippen LogP contribution in [-0.2, 0) is 4.74 Å². The molecule has 5 rings (SSSR count). The quantitative estimate of drug-likeness (QED) is 0.411. The summed E-state index contributed by atoms with van der Waals surface area (Å²) in [6.07, 6.45) is 6.75. The zero-order valence-electron chi connectivity index (χ0n) is 18.8. The lowest BCUT2D eigenvalue weighted by Gasteiger charge is -2.36. The summed E-state index contributed by atoms with van der Waals surface area (Å²) in [4.78, 5) is 17.9. The Hall–Kier alpha value is -3.37. The zero-order valence-corrected chi connectivity index (χ0v) is 18.8. The third-order valence-electron chi connectivity index (χ3n) is 6.72. The smallest absolute Gasteiger partial charge is 0.274 e. The third-order valence-corrected chi connectivity index (χ3v) is 6.72. The van der Waals surface area contributed by atoms with Gasteiger partial charge in [0.1, 0.15) is 17.3 Å². The lowest BCUT2D eigenvalue weighted by atomic mass is 9.88. The normalized spacial score (nSPS) is 24.1. The summed E-state index contributed by atoms with van der Waals surface area (Å²) in [5, 5.41) is 23.9. The number of rotatable bonds is 8. The molecule has 2 aliphatic rings. The van der Waals surface area contributed by atoms with E-state index in [0.717, 1.165) is 31.2 Å². The molecule has 33 heavy (non-hydrogen) atoms. The van der Waals surface area contributed by atoms with Crippen molar-refractivity contribution in [3.63, 3.8) is 0 Å². The molecule has 0 bridgehead atoms. The van der Waals surface area contributed by atoms with Crippen LogP contribution < -0.4 is 21.5 Å². The van der Waals surface area contributed by atoms with Gasteiger partial charge in [-0.2, -0.15) is 9.61 Å². The van der Waals surface area contributed by atoms with Crippen LogP contribution in [0.25, 0.3) is 11.3 Å². The molecule has 0 aliphatic heterocycles. The molecule has 10 heteroatoms. The summed E-state index contributed by atoms with van der Waals surface area (Å²) in [5.74, 6) is 1.22. The Kier molecular flexibility index (Phi) is 5.55. The van der Waals surface area contributed by atoms with Crippen LogP contribution in [0.15, 0.2) is 42.0 Å². The third kappa shape index (κ3) is 3.75. The van der Waals surface area contributed by atoms with Gasteiger partial charge in [-0.1, -0.05) is 6.58 Å². The number of hydrogen-bond acceptors (Lipinski definition) is 8. The van der Waals surface area contributed by atoms with Crippen LogP contribution in [0.3, 0.4) is 0 Å². The lowest BCUT2D eigenvalue weighted by Crippen LogP contribution is -2.46. The number of nitrogens with one attached hydrogen (secondary N) is 3. The number of fused-ring (bicyclic) bond motifs is 1. The topological polar surface area (TPSA) is 118 Å². The van der Waals surface area contributed by atoms with Crippen LogP contribution in [-0.4, -0.2) is 56.7 Å². The van der Waals surface area contributed by atoms with E-state index < -0.39 is 0 Å². The molecule has 0 saturated heterocycles. The minimum atomic E-state index is -0.365. The van der Waals surface area contributed by atoms with E-state index >= 15 is 0 Å². The summed E-state index contributed by atoms with van der Waals surface area (Å²) in [7, 11) is 3.48. The van der Waals surface area contributed by atoms with Crippen molar-refractivity contribution in [2.24, 2.45) is 0 Å². The van der Waals surface area contributed by atoms with Crippen molar-refractivity contribution in [2.45, 2.75) is 50.0 Å². The molecule has 0 unspecified atom stereocenters. The Balaban J connectivity index is 1.46. The number of anilines is 3. The van der Waals surface area contributed by atoms with Gasteiger partial charge in [0, 0.05) is 32.1 Å². The minimum absolute atomic E-state index is 0.0113. The Morgan fingerprint density at radius 3 is 2.79 bits per heavy atom. The van der Waals surface area contributed by atoms with Gasteiger partial charge in [-0.15, -0.1) is 0 Å². The van der Waals surface area contributed by atoms with Crippen molar-refractivity contribution in [2.75, 3.05) is 24.8 Å². The van der Waals surface area contributed by atoms with Crippen LogP contribution in [0.4, 0.5) is 17.3 Å². The molecular weight excluding hydrogens is 422 g/mol. The number of methoxy groups -OCH3 is 1. The molecule has 3 heterocycles. The summed E-state index contributed by atoms with van der Waals surface area (Å²) in [6, 6.07) is 5.44. The maximum atomic E-state index is 13.1. The highest BCUT2D eigenvalue weighted by Gasteiger charge is 2.33. The molecule has 174 valence electrons. The number of pyridine rings is 1. The van der Waals surface area contributed by atoms with Gasteiger partial charge in [0.05, 0.1) is 36.1 Å². The summed E-state index contributed by atoms with van der Waals surface area (Å²) >= 11 is 0. The highest BCUT2D eigenvalue weighted by molar-refractivity contribution is 5.76. The van der Waals surface area contributed by atoms with E-state index in [4.69, 9.17) is 9.72 Å². The first-order chi connectivity index (χ1) is 16.0. The number of nitrogens with zero attached hydrogens (tertiary/aromatic N) is 4. The molecule has 2 saturated carbocycles. The average molecular weight is 452 g/mol. The van der Waals surface area contributed by atoms with Crippen molar-refractivity contribution in [3.8, 4) is 0 Å². The average Bonchev–Trinajstić information content (AvgIpc) is 3.22. The van der Waals surface area contributed by atoms with E-state index in [-0.39, 0.29) is 29.9 Å². The van der Waals surface area contributed by atoms with Gasteiger partial charge in [-0.25, -0.2) is 4.98 Å². The molecule has 2 aliphatic carbocycles. The van der Waals surface area contributed by atoms with E-state index in [1.807, 2.05) is 6.07 Å². The van der Waals surface area contributed by atoms with Crippen molar-refractivity contribution in [1.82, 2.24) is 24.5 Å². The number of aromatic nitrogens is 4. The monoisotopic (exact) mass is 451 g/mol. The van der Waals surface area contributed by atoms with E-state index in [1.165, 1.54) is 0 Å². The predicted molar refractivity (Wildman–Crippen MR) is 127 cm³/mol.